The van der Waals surface area contributed by atoms with E-state index in [1.54, 1.807) is 18.2 Å². The third kappa shape index (κ3) is 2.75. The van der Waals surface area contributed by atoms with Crippen molar-refractivity contribution in [2.24, 2.45) is 0 Å². The molecule has 0 fully saturated rings. The number of nitro groups is 1. The molecular weight excluding hydrogens is 286 g/mol. The number of aliphatic hydroxyl groups excluding tert-OH is 1. The summed E-state index contributed by atoms with van der Waals surface area (Å²) in [6.45, 7) is 0.206. The molecule has 2 aromatic carbocycles. The number of hydrogen-bond acceptors (Lipinski definition) is 5. The second kappa shape index (κ2) is 5.82. The molecule has 7 nitrogen and oxygen atoms in total. The first-order chi connectivity index (χ1) is 10.7. The first-order valence-electron chi connectivity index (χ1n) is 6.65. The Balaban J connectivity index is 1.91. The van der Waals surface area contributed by atoms with Gasteiger partial charge in [0.1, 0.15) is 18.2 Å². The molecule has 0 amide bonds. The summed E-state index contributed by atoms with van der Waals surface area (Å²) in [5.41, 5.74) is 2.15. The molecular formula is C15H13N3O4. The molecule has 2 N–H and O–H groups in total. The van der Waals surface area contributed by atoms with Crippen LogP contribution in [0.2, 0.25) is 0 Å². The number of H-pyrrole nitrogens is 1. The van der Waals surface area contributed by atoms with Gasteiger partial charge in [0.15, 0.2) is 0 Å². The summed E-state index contributed by atoms with van der Waals surface area (Å²) in [6, 6.07) is 11.7. The number of aromatic nitrogens is 2. The van der Waals surface area contributed by atoms with Crippen molar-refractivity contribution in [1.82, 2.24) is 9.97 Å². The van der Waals surface area contributed by atoms with Crippen molar-refractivity contribution in [3.8, 4) is 17.1 Å². The van der Waals surface area contributed by atoms with Crippen LogP contribution >= 0.6 is 0 Å². The number of hydrogen-bond donors (Lipinski definition) is 2. The number of imidazole rings is 1. The van der Waals surface area contributed by atoms with Gasteiger partial charge in [0.25, 0.3) is 5.69 Å². The highest BCUT2D eigenvalue weighted by atomic mass is 16.6. The lowest BCUT2D eigenvalue weighted by molar-refractivity contribution is -0.384. The van der Waals surface area contributed by atoms with Crippen LogP contribution in [0.3, 0.4) is 0 Å². The topological polar surface area (TPSA) is 101 Å². The monoisotopic (exact) mass is 299 g/mol. The first-order valence-corrected chi connectivity index (χ1v) is 6.65. The van der Waals surface area contributed by atoms with Gasteiger partial charge >= 0.3 is 0 Å². The van der Waals surface area contributed by atoms with Gasteiger partial charge in [-0.3, -0.25) is 10.1 Å². The van der Waals surface area contributed by atoms with Crippen LogP contribution in [-0.2, 0) is 0 Å². The summed E-state index contributed by atoms with van der Waals surface area (Å²) >= 11 is 0. The molecule has 0 saturated heterocycles. The quantitative estimate of drug-likeness (QED) is 0.557. The number of aromatic amines is 1. The van der Waals surface area contributed by atoms with Gasteiger partial charge in [-0.05, 0) is 30.3 Å². The molecule has 0 bridgehead atoms. The fraction of sp³-hybridized carbons (Fsp3) is 0.133. The van der Waals surface area contributed by atoms with E-state index in [1.807, 2.05) is 12.1 Å². The Kier molecular flexibility index (Phi) is 3.71. The van der Waals surface area contributed by atoms with Crippen molar-refractivity contribution in [2.45, 2.75) is 0 Å². The fourth-order valence-electron chi connectivity index (χ4n) is 2.12. The fourth-order valence-corrected chi connectivity index (χ4v) is 2.12. The normalized spacial score (nSPS) is 10.8. The van der Waals surface area contributed by atoms with Gasteiger partial charge in [0.2, 0.25) is 0 Å². The molecule has 1 heterocycles. The van der Waals surface area contributed by atoms with E-state index in [1.165, 1.54) is 12.1 Å². The summed E-state index contributed by atoms with van der Waals surface area (Å²) in [5.74, 6) is 1.29. The lowest BCUT2D eigenvalue weighted by atomic mass is 10.2. The molecule has 0 unspecified atom stereocenters. The molecule has 0 aliphatic carbocycles. The van der Waals surface area contributed by atoms with E-state index < -0.39 is 4.92 Å². The number of non-ortho nitro benzene ring substituents is 1. The van der Waals surface area contributed by atoms with Gasteiger partial charge in [0.05, 0.1) is 22.6 Å². The van der Waals surface area contributed by atoms with Crippen LogP contribution in [0.1, 0.15) is 0 Å². The van der Waals surface area contributed by atoms with E-state index in [0.29, 0.717) is 22.6 Å². The van der Waals surface area contributed by atoms with Crippen molar-refractivity contribution in [2.75, 3.05) is 13.2 Å². The van der Waals surface area contributed by atoms with Gasteiger partial charge < -0.3 is 14.8 Å². The molecule has 7 heteroatoms. The van der Waals surface area contributed by atoms with Crippen LogP contribution in [0.5, 0.6) is 5.75 Å². The zero-order valence-corrected chi connectivity index (χ0v) is 11.5. The smallest absolute Gasteiger partial charge is 0.271 e. The summed E-state index contributed by atoms with van der Waals surface area (Å²) < 4.78 is 5.29. The zero-order chi connectivity index (χ0) is 15.5. The predicted octanol–water partition coefficient (Wildman–Crippen LogP) is 2.51. The maximum atomic E-state index is 10.8. The minimum Gasteiger partial charge on any atom is -0.491 e. The number of benzene rings is 2. The van der Waals surface area contributed by atoms with Crippen LogP contribution in [0.4, 0.5) is 5.69 Å². The maximum absolute atomic E-state index is 10.8. The van der Waals surface area contributed by atoms with Crippen LogP contribution in [0.15, 0.2) is 42.5 Å². The number of ether oxygens (including phenoxy) is 1. The van der Waals surface area contributed by atoms with E-state index in [4.69, 9.17) is 9.84 Å². The molecule has 3 aromatic rings. The van der Waals surface area contributed by atoms with Crippen LogP contribution in [0.25, 0.3) is 22.4 Å². The van der Waals surface area contributed by atoms with E-state index in [9.17, 15) is 10.1 Å². The highest BCUT2D eigenvalue weighted by Crippen LogP contribution is 2.25. The summed E-state index contributed by atoms with van der Waals surface area (Å²) in [4.78, 5) is 17.8. The largest absolute Gasteiger partial charge is 0.491 e. The van der Waals surface area contributed by atoms with Crippen LogP contribution in [-0.4, -0.2) is 33.2 Å². The third-order valence-electron chi connectivity index (χ3n) is 3.16. The molecule has 0 aliphatic heterocycles. The van der Waals surface area contributed by atoms with E-state index in [0.717, 1.165) is 5.56 Å². The van der Waals surface area contributed by atoms with Gasteiger partial charge in [-0.2, -0.15) is 0 Å². The molecule has 0 radical (unpaired) electrons. The summed E-state index contributed by atoms with van der Waals surface area (Å²) in [5, 5.41) is 19.5. The zero-order valence-electron chi connectivity index (χ0n) is 11.5. The van der Waals surface area contributed by atoms with Gasteiger partial charge in [-0.25, -0.2) is 4.98 Å². The predicted molar refractivity (Wildman–Crippen MR) is 80.8 cm³/mol. The number of nitro benzene ring substituents is 1. The Morgan fingerprint density at radius 1 is 1.23 bits per heavy atom. The Labute approximate surface area is 125 Å². The Morgan fingerprint density at radius 3 is 2.68 bits per heavy atom. The average Bonchev–Trinajstić information content (AvgIpc) is 2.96. The molecule has 3 rings (SSSR count). The third-order valence-corrected chi connectivity index (χ3v) is 3.16. The average molecular weight is 299 g/mol. The van der Waals surface area contributed by atoms with E-state index >= 15 is 0 Å². The molecule has 1 aromatic heterocycles. The van der Waals surface area contributed by atoms with Crippen molar-refractivity contribution in [1.29, 1.82) is 0 Å². The maximum Gasteiger partial charge on any atom is 0.271 e. The molecule has 0 spiro atoms. The summed E-state index contributed by atoms with van der Waals surface area (Å²) in [7, 11) is 0. The SMILES string of the molecule is O=[N+]([O-])c1ccc2nc(-c3ccc(OCCO)cc3)[nH]c2c1. The number of aliphatic hydroxyl groups is 1. The minimum absolute atomic E-state index is 0.0236. The van der Waals surface area contributed by atoms with Crippen LogP contribution < -0.4 is 4.74 Å². The van der Waals surface area contributed by atoms with Crippen molar-refractivity contribution >= 4 is 16.7 Å². The van der Waals surface area contributed by atoms with Crippen LogP contribution in [0, 0.1) is 10.1 Å². The number of fused-ring (bicyclic) bond motifs is 1. The lowest BCUT2D eigenvalue weighted by Crippen LogP contribution is -2.01. The molecule has 0 atom stereocenters. The number of nitrogens with one attached hydrogen (secondary N) is 1. The molecule has 112 valence electrons. The summed E-state index contributed by atoms with van der Waals surface area (Å²) in [6.07, 6.45) is 0. The van der Waals surface area contributed by atoms with Crippen molar-refractivity contribution in [3.05, 3.63) is 52.6 Å². The minimum atomic E-state index is -0.437. The Morgan fingerprint density at radius 2 is 2.00 bits per heavy atom. The lowest BCUT2D eigenvalue weighted by Gasteiger charge is -2.04. The van der Waals surface area contributed by atoms with Gasteiger partial charge in [0, 0.05) is 17.7 Å². The first kappa shape index (κ1) is 14.0. The van der Waals surface area contributed by atoms with E-state index in [2.05, 4.69) is 9.97 Å². The standard InChI is InChI=1S/C15H13N3O4/c19-7-8-22-12-4-1-10(2-5-12)15-16-13-6-3-11(18(20)21)9-14(13)17-15/h1-6,9,19H,7-8H2,(H,16,17). The van der Waals surface area contributed by atoms with E-state index in [-0.39, 0.29) is 18.9 Å². The molecule has 0 aliphatic rings. The molecule has 0 saturated carbocycles. The highest BCUT2D eigenvalue weighted by molar-refractivity contribution is 5.81. The number of rotatable bonds is 5. The van der Waals surface area contributed by atoms with Gasteiger partial charge in [-0.1, -0.05) is 0 Å². The Bertz CT molecular complexity index is 811. The van der Waals surface area contributed by atoms with Gasteiger partial charge in [-0.15, -0.1) is 0 Å². The second-order valence-corrected chi connectivity index (χ2v) is 4.64. The Hall–Kier alpha value is -2.93. The van der Waals surface area contributed by atoms with Crippen molar-refractivity contribution in [3.63, 3.8) is 0 Å². The highest BCUT2D eigenvalue weighted by Gasteiger charge is 2.10. The molecule has 22 heavy (non-hydrogen) atoms. The number of nitrogens with zero attached hydrogens (tertiary/aromatic N) is 2. The second-order valence-electron chi connectivity index (χ2n) is 4.64. The van der Waals surface area contributed by atoms with Crippen molar-refractivity contribution < 1.29 is 14.8 Å².